The smallest absolute Gasteiger partial charge is 0.0713 e. The lowest BCUT2D eigenvalue weighted by atomic mass is 9.66. The van der Waals surface area contributed by atoms with E-state index in [9.17, 15) is 0 Å². The van der Waals surface area contributed by atoms with Crippen LogP contribution in [0.25, 0.3) is 11.1 Å². The first-order valence-corrected chi connectivity index (χ1v) is 9.53. The predicted octanol–water partition coefficient (Wildman–Crippen LogP) is 7.50. The van der Waals surface area contributed by atoms with E-state index < -0.39 is 5.41 Å². The van der Waals surface area contributed by atoms with Crippen LogP contribution < -0.4 is 0 Å². The van der Waals surface area contributed by atoms with Gasteiger partial charge in [-0.2, -0.15) is 0 Å². The minimum Gasteiger partial charge on any atom is -0.0991 e. The zero-order chi connectivity index (χ0) is 20.0. The van der Waals surface area contributed by atoms with Crippen LogP contribution in [0.15, 0.2) is 134 Å². The molecule has 0 radical (unpaired) electrons. The molecule has 138 valence electrons. The standard InChI is InChI=1S/C28H26/c1-5-9-16-22(8-4)28(23(15-7-3)17-10-6-2)26-20-13-11-18-24(26)25-19-12-14-21-27(25)28/h5-21H,2-4H2,1H3/b9-5-,17-10-,22-16+,23-15+. The lowest BCUT2D eigenvalue weighted by molar-refractivity contribution is 0.766. The number of fused-ring (bicyclic) bond motifs is 3. The van der Waals surface area contributed by atoms with Crippen molar-refractivity contribution in [3.8, 4) is 11.1 Å². The molecular formula is C28H26. The highest BCUT2D eigenvalue weighted by Crippen LogP contribution is 2.56. The van der Waals surface area contributed by atoms with E-state index in [1.807, 2.05) is 31.2 Å². The summed E-state index contributed by atoms with van der Waals surface area (Å²) in [5.74, 6) is 0. The van der Waals surface area contributed by atoms with Gasteiger partial charge in [-0.15, -0.1) is 0 Å². The average Bonchev–Trinajstić information content (AvgIpc) is 3.03. The maximum atomic E-state index is 4.17. The van der Waals surface area contributed by atoms with E-state index in [-0.39, 0.29) is 0 Å². The minimum absolute atomic E-state index is 0.456. The van der Waals surface area contributed by atoms with E-state index in [0.717, 1.165) is 11.1 Å². The number of hydrogen-bond donors (Lipinski definition) is 0. The first-order chi connectivity index (χ1) is 13.7. The number of rotatable bonds is 7. The molecule has 0 amide bonds. The summed E-state index contributed by atoms with van der Waals surface area (Å²) in [4.78, 5) is 0. The van der Waals surface area contributed by atoms with Crippen molar-refractivity contribution in [1.82, 2.24) is 0 Å². The van der Waals surface area contributed by atoms with Crippen LogP contribution in [-0.4, -0.2) is 0 Å². The highest BCUT2D eigenvalue weighted by atomic mass is 14.5. The molecule has 28 heavy (non-hydrogen) atoms. The van der Waals surface area contributed by atoms with Crippen LogP contribution in [0.4, 0.5) is 0 Å². The van der Waals surface area contributed by atoms with E-state index in [1.54, 1.807) is 6.08 Å². The van der Waals surface area contributed by atoms with Crippen molar-refractivity contribution in [3.05, 3.63) is 145 Å². The van der Waals surface area contributed by atoms with Gasteiger partial charge < -0.3 is 0 Å². The molecule has 0 heteroatoms. The minimum atomic E-state index is -0.456. The molecular weight excluding hydrogens is 336 g/mol. The summed E-state index contributed by atoms with van der Waals surface area (Å²) >= 11 is 0. The zero-order valence-electron chi connectivity index (χ0n) is 16.4. The molecule has 0 N–H and O–H groups in total. The summed E-state index contributed by atoms with van der Waals surface area (Å²) in [6.45, 7) is 14.0. The van der Waals surface area contributed by atoms with Gasteiger partial charge in [0, 0.05) is 0 Å². The topological polar surface area (TPSA) is 0 Å². The molecule has 2 aromatic carbocycles. The normalized spacial score (nSPS) is 15.5. The number of hydrogen-bond acceptors (Lipinski definition) is 0. The summed E-state index contributed by atoms with van der Waals surface area (Å²) in [6.07, 6.45) is 18.1. The van der Waals surface area contributed by atoms with Crippen molar-refractivity contribution >= 4 is 0 Å². The Kier molecular flexibility index (Phi) is 5.91. The SMILES string of the molecule is C=C/C=C\C(=C/C=C)C1(/C(C=C)=C/C=C\C)c2ccccc2-c2ccccc21. The Bertz CT molecular complexity index is 976. The Morgan fingerprint density at radius 2 is 1.36 bits per heavy atom. The molecule has 1 aliphatic carbocycles. The fourth-order valence-corrected chi connectivity index (χ4v) is 4.17. The van der Waals surface area contributed by atoms with Gasteiger partial charge in [0.05, 0.1) is 5.41 Å². The fourth-order valence-electron chi connectivity index (χ4n) is 4.17. The average molecular weight is 363 g/mol. The van der Waals surface area contributed by atoms with Crippen LogP contribution in [0.1, 0.15) is 18.1 Å². The van der Waals surface area contributed by atoms with Crippen LogP contribution in [0.3, 0.4) is 0 Å². The molecule has 0 bridgehead atoms. The van der Waals surface area contributed by atoms with Gasteiger partial charge in [-0.3, -0.25) is 0 Å². The number of allylic oxidation sites excluding steroid dienone is 11. The molecule has 0 saturated carbocycles. The molecule has 0 nitrogen and oxygen atoms in total. The summed E-state index contributed by atoms with van der Waals surface area (Å²) in [6, 6.07) is 17.3. The largest absolute Gasteiger partial charge is 0.0991 e. The molecule has 1 aliphatic rings. The van der Waals surface area contributed by atoms with Gasteiger partial charge in [0.1, 0.15) is 0 Å². The monoisotopic (exact) mass is 362 g/mol. The third-order valence-electron chi connectivity index (χ3n) is 5.22. The van der Waals surface area contributed by atoms with Gasteiger partial charge >= 0.3 is 0 Å². The van der Waals surface area contributed by atoms with Crippen molar-refractivity contribution in [2.45, 2.75) is 12.3 Å². The molecule has 0 fully saturated rings. The van der Waals surface area contributed by atoms with E-state index in [2.05, 4.69) is 92.6 Å². The van der Waals surface area contributed by atoms with Crippen molar-refractivity contribution < 1.29 is 0 Å². The van der Waals surface area contributed by atoms with Crippen molar-refractivity contribution in [2.24, 2.45) is 0 Å². The Hall–Kier alpha value is -3.38. The van der Waals surface area contributed by atoms with Crippen molar-refractivity contribution in [3.63, 3.8) is 0 Å². The maximum absolute atomic E-state index is 4.17. The molecule has 3 rings (SSSR count). The quantitative estimate of drug-likeness (QED) is 0.447. The maximum Gasteiger partial charge on any atom is 0.0713 e. The molecule has 0 atom stereocenters. The molecule has 0 aliphatic heterocycles. The van der Waals surface area contributed by atoms with Crippen LogP contribution in [0.5, 0.6) is 0 Å². The van der Waals surface area contributed by atoms with Crippen molar-refractivity contribution in [2.75, 3.05) is 0 Å². The Morgan fingerprint density at radius 3 is 1.86 bits per heavy atom. The van der Waals surface area contributed by atoms with E-state index >= 15 is 0 Å². The van der Waals surface area contributed by atoms with E-state index in [4.69, 9.17) is 0 Å². The van der Waals surface area contributed by atoms with E-state index in [0.29, 0.717) is 0 Å². The van der Waals surface area contributed by atoms with Crippen LogP contribution in [-0.2, 0) is 5.41 Å². The second-order valence-corrected chi connectivity index (χ2v) is 6.65. The lowest BCUT2D eigenvalue weighted by Gasteiger charge is -2.35. The van der Waals surface area contributed by atoms with Crippen LogP contribution in [0.2, 0.25) is 0 Å². The highest BCUT2D eigenvalue weighted by Gasteiger charge is 2.46. The Balaban J connectivity index is 2.52. The van der Waals surface area contributed by atoms with Gasteiger partial charge in [-0.25, -0.2) is 0 Å². The van der Waals surface area contributed by atoms with Gasteiger partial charge in [0.2, 0.25) is 0 Å². The second kappa shape index (κ2) is 8.54. The van der Waals surface area contributed by atoms with Gasteiger partial charge in [-0.05, 0) is 40.3 Å². The first-order valence-electron chi connectivity index (χ1n) is 9.53. The number of benzene rings is 2. The van der Waals surface area contributed by atoms with Crippen LogP contribution in [0, 0.1) is 0 Å². The zero-order valence-corrected chi connectivity index (χ0v) is 16.4. The van der Waals surface area contributed by atoms with Crippen LogP contribution >= 0.6 is 0 Å². The Labute approximate surface area is 168 Å². The predicted molar refractivity (Wildman–Crippen MR) is 123 cm³/mol. The van der Waals surface area contributed by atoms with Crippen molar-refractivity contribution in [1.29, 1.82) is 0 Å². The first kappa shape index (κ1) is 19.4. The van der Waals surface area contributed by atoms with Gasteiger partial charge in [0.15, 0.2) is 0 Å². The molecule has 0 spiro atoms. The Morgan fingerprint density at radius 1 is 0.750 bits per heavy atom. The second-order valence-electron chi connectivity index (χ2n) is 6.65. The summed E-state index contributed by atoms with van der Waals surface area (Å²) in [5.41, 5.74) is 6.84. The van der Waals surface area contributed by atoms with Gasteiger partial charge in [0.25, 0.3) is 0 Å². The summed E-state index contributed by atoms with van der Waals surface area (Å²) in [5, 5.41) is 0. The fraction of sp³-hybridized carbons (Fsp3) is 0.0714. The van der Waals surface area contributed by atoms with E-state index in [1.165, 1.54) is 22.3 Å². The lowest BCUT2D eigenvalue weighted by Crippen LogP contribution is -2.29. The van der Waals surface area contributed by atoms with Gasteiger partial charge in [-0.1, -0.05) is 123 Å². The molecule has 0 aromatic heterocycles. The highest BCUT2D eigenvalue weighted by molar-refractivity contribution is 5.87. The third kappa shape index (κ3) is 2.97. The summed E-state index contributed by atoms with van der Waals surface area (Å²) < 4.78 is 0. The summed E-state index contributed by atoms with van der Waals surface area (Å²) in [7, 11) is 0. The molecule has 2 aromatic rings. The molecule has 0 unspecified atom stereocenters. The molecule has 0 saturated heterocycles. The third-order valence-corrected chi connectivity index (χ3v) is 5.22. The molecule has 0 heterocycles.